The molecule has 8 heteroatoms. The molecule has 34 heavy (non-hydrogen) atoms. The lowest BCUT2D eigenvalue weighted by Crippen LogP contribution is -2.09. The minimum absolute atomic E-state index is 0.320. The Balaban J connectivity index is 1.45. The Bertz CT molecular complexity index is 1610. The van der Waals surface area contributed by atoms with Crippen LogP contribution in [0.2, 0.25) is 0 Å². The average Bonchev–Trinajstić information content (AvgIpc) is 3.48. The molecule has 0 unspecified atom stereocenters. The van der Waals surface area contributed by atoms with Gasteiger partial charge < -0.3 is 10.3 Å². The SMILES string of the molecule is CC(C)Nc1cncc(-c2cc3c(-c4cc5c(-c6ccccn6)cncc5[nH]4)n[nH]c3cn2)c1. The van der Waals surface area contributed by atoms with Crippen molar-refractivity contribution in [1.82, 2.24) is 35.1 Å². The Morgan fingerprint density at radius 2 is 1.74 bits per heavy atom. The van der Waals surface area contributed by atoms with Gasteiger partial charge in [0.2, 0.25) is 0 Å². The predicted molar refractivity (Wildman–Crippen MR) is 134 cm³/mol. The number of fused-ring (bicyclic) bond motifs is 2. The minimum Gasteiger partial charge on any atom is -0.382 e. The van der Waals surface area contributed by atoms with Crippen LogP contribution in [0.15, 0.2) is 73.6 Å². The Hall–Kier alpha value is -4.59. The van der Waals surface area contributed by atoms with Gasteiger partial charge in [0.25, 0.3) is 0 Å². The molecule has 0 atom stereocenters. The zero-order valence-electron chi connectivity index (χ0n) is 18.7. The number of aromatic amines is 2. The number of nitrogens with zero attached hydrogens (tertiary/aromatic N) is 5. The first kappa shape index (κ1) is 20.0. The summed E-state index contributed by atoms with van der Waals surface area (Å²) in [5.74, 6) is 0. The smallest absolute Gasteiger partial charge is 0.116 e. The van der Waals surface area contributed by atoms with Crippen molar-refractivity contribution in [2.45, 2.75) is 19.9 Å². The number of aromatic nitrogens is 7. The number of H-pyrrole nitrogens is 2. The van der Waals surface area contributed by atoms with Crippen LogP contribution < -0.4 is 5.32 Å². The third-order valence-electron chi connectivity index (χ3n) is 5.68. The van der Waals surface area contributed by atoms with Gasteiger partial charge in [-0.2, -0.15) is 5.10 Å². The summed E-state index contributed by atoms with van der Waals surface area (Å²) in [5.41, 5.74) is 8.12. The maximum atomic E-state index is 4.63. The Kier molecular flexibility index (Phi) is 4.76. The highest BCUT2D eigenvalue weighted by Gasteiger charge is 2.15. The molecule has 6 aromatic rings. The molecule has 6 aromatic heterocycles. The zero-order chi connectivity index (χ0) is 23.1. The maximum Gasteiger partial charge on any atom is 0.116 e. The highest BCUT2D eigenvalue weighted by molar-refractivity contribution is 6.00. The van der Waals surface area contributed by atoms with Gasteiger partial charge in [0.1, 0.15) is 5.69 Å². The fourth-order valence-corrected chi connectivity index (χ4v) is 4.18. The zero-order valence-corrected chi connectivity index (χ0v) is 18.7. The van der Waals surface area contributed by atoms with E-state index in [1.807, 2.05) is 55.2 Å². The minimum atomic E-state index is 0.320. The molecule has 0 amide bonds. The Morgan fingerprint density at radius 1 is 0.824 bits per heavy atom. The number of rotatable bonds is 5. The summed E-state index contributed by atoms with van der Waals surface area (Å²) < 4.78 is 0. The van der Waals surface area contributed by atoms with Crippen molar-refractivity contribution >= 4 is 27.5 Å². The molecule has 6 rings (SSSR count). The third kappa shape index (κ3) is 3.55. The fraction of sp³-hybridized carbons (Fsp3) is 0.115. The number of hydrogen-bond donors (Lipinski definition) is 3. The van der Waals surface area contributed by atoms with Gasteiger partial charge in [-0.15, -0.1) is 0 Å². The van der Waals surface area contributed by atoms with Gasteiger partial charge in [-0.3, -0.25) is 25.0 Å². The van der Waals surface area contributed by atoms with Crippen LogP contribution in [0.1, 0.15) is 13.8 Å². The van der Waals surface area contributed by atoms with E-state index in [2.05, 4.69) is 66.4 Å². The molecule has 0 saturated heterocycles. The summed E-state index contributed by atoms with van der Waals surface area (Å²) in [6.07, 6.45) is 10.9. The molecule has 6 heterocycles. The van der Waals surface area contributed by atoms with Crippen molar-refractivity contribution in [1.29, 1.82) is 0 Å². The third-order valence-corrected chi connectivity index (χ3v) is 5.68. The molecule has 0 radical (unpaired) electrons. The van der Waals surface area contributed by atoms with E-state index in [0.717, 1.165) is 61.4 Å². The fourth-order valence-electron chi connectivity index (χ4n) is 4.18. The average molecular weight is 447 g/mol. The van der Waals surface area contributed by atoms with Crippen LogP contribution in [0.25, 0.3) is 55.7 Å². The molecule has 0 aliphatic heterocycles. The van der Waals surface area contributed by atoms with Gasteiger partial charge in [0.05, 0.1) is 46.2 Å². The van der Waals surface area contributed by atoms with Crippen molar-refractivity contribution in [2.75, 3.05) is 5.32 Å². The van der Waals surface area contributed by atoms with E-state index >= 15 is 0 Å². The van der Waals surface area contributed by atoms with Gasteiger partial charge in [-0.05, 0) is 44.2 Å². The standard InChI is InChI=1S/C26H22N8/c1-15(2)31-17-7-16(10-27-11-17)22-9-19-25(14-30-22)33-34-26(19)23-8-18-20(12-28-13-24(18)32-23)21-5-3-4-6-29-21/h3-15,31-32H,1-2H3,(H,33,34). The topological polar surface area (TPSA) is 108 Å². The molecular weight excluding hydrogens is 424 g/mol. The molecular formula is C26H22N8. The first-order valence-corrected chi connectivity index (χ1v) is 11.1. The van der Waals surface area contributed by atoms with Crippen molar-refractivity contribution < 1.29 is 0 Å². The molecule has 3 N–H and O–H groups in total. The quantitative estimate of drug-likeness (QED) is 0.325. The van der Waals surface area contributed by atoms with Crippen LogP contribution in [0.4, 0.5) is 5.69 Å². The summed E-state index contributed by atoms with van der Waals surface area (Å²) >= 11 is 0. The monoisotopic (exact) mass is 446 g/mol. The van der Waals surface area contributed by atoms with E-state index in [0.29, 0.717) is 6.04 Å². The van der Waals surface area contributed by atoms with Crippen LogP contribution in [-0.4, -0.2) is 41.2 Å². The first-order valence-electron chi connectivity index (χ1n) is 11.1. The van der Waals surface area contributed by atoms with E-state index in [4.69, 9.17) is 0 Å². The summed E-state index contributed by atoms with van der Waals surface area (Å²) in [4.78, 5) is 21.4. The van der Waals surface area contributed by atoms with Crippen molar-refractivity contribution in [3.05, 3.63) is 73.6 Å². The lowest BCUT2D eigenvalue weighted by atomic mass is 10.1. The second-order valence-corrected chi connectivity index (χ2v) is 8.49. The van der Waals surface area contributed by atoms with E-state index in [-0.39, 0.29) is 0 Å². The van der Waals surface area contributed by atoms with Gasteiger partial charge in [0.15, 0.2) is 0 Å². The molecule has 0 saturated carbocycles. The predicted octanol–water partition coefficient (Wildman–Crippen LogP) is 5.45. The number of pyridine rings is 4. The first-order chi connectivity index (χ1) is 16.7. The molecule has 0 fully saturated rings. The van der Waals surface area contributed by atoms with Crippen molar-refractivity contribution in [3.8, 4) is 33.9 Å². The second-order valence-electron chi connectivity index (χ2n) is 8.49. The molecule has 0 spiro atoms. The van der Waals surface area contributed by atoms with Gasteiger partial charge in [0, 0.05) is 52.7 Å². The summed E-state index contributed by atoms with van der Waals surface area (Å²) in [6, 6.07) is 12.4. The Labute approximate surface area is 195 Å². The summed E-state index contributed by atoms with van der Waals surface area (Å²) in [5, 5.41) is 13.1. The highest BCUT2D eigenvalue weighted by atomic mass is 15.1. The van der Waals surface area contributed by atoms with Crippen LogP contribution in [-0.2, 0) is 0 Å². The van der Waals surface area contributed by atoms with Crippen molar-refractivity contribution in [3.63, 3.8) is 0 Å². The van der Waals surface area contributed by atoms with Crippen LogP contribution >= 0.6 is 0 Å². The van der Waals surface area contributed by atoms with Gasteiger partial charge >= 0.3 is 0 Å². The van der Waals surface area contributed by atoms with E-state index in [9.17, 15) is 0 Å². The van der Waals surface area contributed by atoms with E-state index in [1.165, 1.54) is 0 Å². The Morgan fingerprint density at radius 3 is 2.59 bits per heavy atom. The summed E-state index contributed by atoms with van der Waals surface area (Å²) in [7, 11) is 0. The molecule has 0 bridgehead atoms. The largest absolute Gasteiger partial charge is 0.382 e. The van der Waals surface area contributed by atoms with E-state index in [1.54, 1.807) is 6.20 Å². The van der Waals surface area contributed by atoms with Gasteiger partial charge in [-0.1, -0.05) is 6.07 Å². The van der Waals surface area contributed by atoms with Crippen molar-refractivity contribution in [2.24, 2.45) is 0 Å². The number of hydrogen-bond acceptors (Lipinski definition) is 6. The van der Waals surface area contributed by atoms with Crippen LogP contribution in [0.3, 0.4) is 0 Å². The summed E-state index contributed by atoms with van der Waals surface area (Å²) in [6.45, 7) is 4.20. The van der Waals surface area contributed by atoms with Crippen LogP contribution in [0, 0.1) is 0 Å². The highest BCUT2D eigenvalue weighted by Crippen LogP contribution is 2.33. The number of nitrogens with one attached hydrogen (secondary N) is 3. The lowest BCUT2D eigenvalue weighted by Gasteiger charge is -2.10. The lowest BCUT2D eigenvalue weighted by molar-refractivity contribution is 0.898. The normalized spacial score (nSPS) is 11.5. The molecule has 0 aliphatic carbocycles. The number of anilines is 1. The maximum absolute atomic E-state index is 4.63. The molecule has 0 aliphatic rings. The second kappa shape index (κ2) is 8.08. The molecule has 0 aromatic carbocycles. The van der Waals surface area contributed by atoms with Crippen LogP contribution in [0.5, 0.6) is 0 Å². The van der Waals surface area contributed by atoms with E-state index < -0.39 is 0 Å². The molecule has 8 nitrogen and oxygen atoms in total. The van der Waals surface area contributed by atoms with Gasteiger partial charge in [-0.25, -0.2) is 0 Å². The molecule has 166 valence electrons.